The lowest BCUT2D eigenvalue weighted by atomic mass is 9.97. The van der Waals surface area contributed by atoms with Crippen molar-refractivity contribution < 1.29 is 4.42 Å². The van der Waals surface area contributed by atoms with Crippen molar-refractivity contribution in [1.82, 2.24) is 0 Å². The van der Waals surface area contributed by atoms with E-state index in [1.165, 1.54) is 11.1 Å². The van der Waals surface area contributed by atoms with Crippen molar-refractivity contribution in [2.75, 3.05) is 0 Å². The predicted molar refractivity (Wildman–Crippen MR) is 62.7 cm³/mol. The van der Waals surface area contributed by atoms with Crippen LogP contribution in [0, 0.1) is 5.92 Å². The Kier molecular flexibility index (Phi) is 2.91. The number of rotatable bonds is 3. The van der Waals surface area contributed by atoms with Gasteiger partial charge in [0.25, 0.3) is 0 Å². The predicted octanol–water partition coefficient (Wildman–Crippen LogP) is 4.15. The second-order valence-electron chi connectivity index (χ2n) is 4.23. The highest BCUT2D eigenvalue weighted by Crippen LogP contribution is 2.25. The van der Waals surface area contributed by atoms with Gasteiger partial charge in [-0.15, -0.1) is 0 Å². The van der Waals surface area contributed by atoms with E-state index in [9.17, 15) is 0 Å². The molecule has 0 N–H and O–H groups in total. The quantitative estimate of drug-likeness (QED) is 0.725. The Labute approximate surface area is 90.7 Å². The summed E-state index contributed by atoms with van der Waals surface area (Å²) < 4.78 is 5.44. The zero-order chi connectivity index (χ0) is 10.7. The topological polar surface area (TPSA) is 13.1 Å². The normalized spacial score (nSPS) is 10.9. The second-order valence-corrected chi connectivity index (χ2v) is 4.23. The maximum atomic E-state index is 5.44. The smallest absolute Gasteiger partial charge is 0.134 e. The van der Waals surface area contributed by atoms with Crippen LogP contribution < -0.4 is 0 Å². The van der Waals surface area contributed by atoms with Crippen molar-refractivity contribution in [3.63, 3.8) is 0 Å². The van der Waals surface area contributed by atoms with Gasteiger partial charge in [0.15, 0.2) is 0 Å². The third-order valence-electron chi connectivity index (χ3n) is 2.43. The molecule has 0 unspecified atom stereocenters. The van der Waals surface area contributed by atoms with Crippen LogP contribution in [0.15, 0.2) is 47.1 Å². The molecule has 0 saturated carbocycles. The molecule has 15 heavy (non-hydrogen) atoms. The van der Waals surface area contributed by atoms with Gasteiger partial charge in [0, 0.05) is 5.56 Å². The Hall–Kier alpha value is -1.50. The van der Waals surface area contributed by atoms with Gasteiger partial charge in [-0.1, -0.05) is 38.1 Å². The minimum Gasteiger partial charge on any atom is -0.464 e. The number of furan rings is 1. The molecule has 0 fully saturated rings. The number of hydrogen-bond donors (Lipinski definition) is 0. The fourth-order valence-corrected chi connectivity index (χ4v) is 1.81. The van der Waals surface area contributed by atoms with Gasteiger partial charge >= 0.3 is 0 Å². The average Bonchev–Trinajstić information content (AvgIpc) is 2.70. The summed E-state index contributed by atoms with van der Waals surface area (Å²) in [7, 11) is 0. The van der Waals surface area contributed by atoms with Gasteiger partial charge in [0.1, 0.15) is 5.76 Å². The first-order valence-electron chi connectivity index (χ1n) is 5.39. The minimum atomic E-state index is 0.668. The summed E-state index contributed by atoms with van der Waals surface area (Å²) in [5.74, 6) is 1.63. The van der Waals surface area contributed by atoms with E-state index in [-0.39, 0.29) is 0 Å². The third kappa shape index (κ3) is 2.30. The van der Waals surface area contributed by atoms with Crippen molar-refractivity contribution in [3.8, 4) is 11.3 Å². The zero-order valence-electron chi connectivity index (χ0n) is 9.23. The molecule has 0 saturated heterocycles. The van der Waals surface area contributed by atoms with Crippen molar-refractivity contribution in [3.05, 3.63) is 48.2 Å². The van der Waals surface area contributed by atoms with Gasteiger partial charge in [0.2, 0.25) is 0 Å². The molecular formula is C14H16O. The Morgan fingerprint density at radius 2 is 1.87 bits per heavy atom. The first-order valence-corrected chi connectivity index (χ1v) is 5.39. The van der Waals surface area contributed by atoms with Crippen molar-refractivity contribution in [2.24, 2.45) is 5.92 Å². The lowest BCUT2D eigenvalue weighted by molar-refractivity contribution is 0.579. The largest absolute Gasteiger partial charge is 0.464 e. The van der Waals surface area contributed by atoms with E-state index in [1.54, 1.807) is 6.26 Å². The molecule has 1 nitrogen and oxygen atoms in total. The van der Waals surface area contributed by atoms with Crippen LogP contribution in [0.3, 0.4) is 0 Å². The van der Waals surface area contributed by atoms with Crippen LogP contribution >= 0.6 is 0 Å². The summed E-state index contributed by atoms with van der Waals surface area (Å²) in [6, 6.07) is 12.4. The first kappa shape index (κ1) is 10.0. The summed E-state index contributed by atoms with van der Waals surface area (Å²) in [4.78, 5) is 0. The van der Waals surface area contributed by atoms with Crippen molar-refractivity contribution in [2.45, 2.75) is 20.3 Å². The highest BCUT2D eigenvalue weighted by molar-refractivity contribution is 5.61. The monoisotopic (exact) mass is 200 g/mol. The Morgan fingerprint density at radius 1 is 1.07 bits per heavy atom. The van der Waals surface area contributed by atoms with Gasteiger partial charge in [-0.2, -0.15) is 0 Å². The van der Waals surface area contributed by atoms with E-state index in [0.29, 0.717) is 5.92 Å². The fourth-order valence-electron chi connectivity index (χ4n) is 1.81. The molecule has 0 bridgehead atoms. The molecule has 2 rings (SSSR count). The minimum absolute atomic E-state index is 0.668. The van der Waals surface area contributed by atoms with Gasteiger partial charge in [-0.05, 0) is 30.0 Å². The van der Waals surface area contributed by atoms with Crippen LogP contribution in [0.1, 0.15) is 19.4 Å². The Morgan fingerprint density at radius 3 is 2.53 bits per heavy atom. The SMILES string of the molecule is CC(C)Cc1ccccc1-c1ccco1. The number of hydrogen-bond acceptors (Lipinski definition) is 1. The van der Waals surface area contributed by atoms with Crippen LogP contribution in [0.25, 0.3) is 11.3 Å². The number of benzene rings is 1. The van der Waals surface area contributed by atoms with E-state index >= 15 is 0 Å². The second kappa shape index (κ2) is 4.35. The molecule has 2 aromatic rings. The van der Waals surface area contributed by atoms with Crippen LogP contribution in [0.5, 0.6) is 0 Å². The van der Waals surface area contributed by atoms with E-state index < -0.39 is 0 Å². The van der Waals surface area contributed by atoms with Gasteiger partial charge in [0.05, 0.1) is 6.26 Å². The molecule has 0 aliphatic carbocycles. The summed E-state index contributed by atoms with van der Waals surface area (Å²) >= 11 is 0. The molecule has 0 aliphatic rings. The molecule has 78 valence electrons. The molecule has 0 amide bonds. The van der Waals surface area contributed by atoms with E-state index in [1.807, 2.05) is 12.1 Å². The van der Waals surface area contributed by atoms with Crippen LogP contribution in [0.4, 0.5) is 0 Å². The van der Waals surface area contributed by atoms with Gasteiger partial charge in [-0.3, -0.25) is 0 Å². The lowest BCUT2D eigenvalue weighted by Gasteiger charge is -2.09. The van der Waals surface area contributed by atoms with Crippen LogP contribution in [-0.2, 0) is 6.42 Å². The maximum Gasteiger partial charge on any atom is 0.134 e. The summed E-state index contributed by atoms with van der Waals surface area (Å²) in [5, 5.41) is 0. The maximum absolute atomic E-state index is 5.44. The molecule has 0 spiro atoms. The molecule has 0 atom stereocenters. The molecular weight excluding hydrogens is 184 g/mol. The van der Waals surface area contributed by atoms with Crippen LogP contribution in [0.2, 0.25) is 0 Å². The van der Waals surface area contributed by atoms with E-state index in [4.69, 9.17) is 4.42 Å². The molecule has 0 aliphatic heterocycles. The molecule has 1 heteroatoms. The standard InChI is InChI=1S/C14H16O/c1-11(2)10-12-6-3-4-7-13(12)14-8-5-9-15-14/h3-9,11H,10H2,1-2H3. The first-order chi connectivity index (χ1) is 7.27. The Bertz CT molecular complexity index is 413. The highest BCUT2D eigenvalue weighted by Gasteiger charge is 2.07. The van der Waals surface area contributed by atoms with Gasteiger partial charge < -0.3 is 4.42 Å². The fraction of sp³-hybridized carbons (Fsp3) is 0.286. The molecule has 1 aromatic carbocycles. The summed E-state index contributed by atoms with van der Waals surface area (Å²) in [5.41, 5.74) is 2.58. The van der Waals surface area contributed by atoms with E-state index in [0.717, 1.165) is 12.2 Å². The average molecular weight is 200 g/mol. The van der Waals surface area contributed by atoms with Crippen molar-refractivity contribution >= 4 is 0 Å². The molecule has 0 radical (unpaired) electrons. The lowest BCUT2D eigenvalue weighted by Crippen LogP contribution is -1.96. The van der Waals surface area contributed by atoms with Crippen molar-refractivity contribution in [1.29, 1.82) is 0 Å². The molecule has 1 aromatic heterocycles. The highest BCUT2D eigenvalue weighted by atomic mass is 16.3. The zero-order valence-corrected chi connectivity index (χ0v) is 9.23. The Balaban J connectivity index is 2.38. The summed E-state index contributed by atoms with van der Waals surface area (Å²) in [6.07, 6.45) is 2.82. The third-order valence-corrected chi connectivity index (χ3v) is 2.43. The van der Waals surface area contributed by atoms with Gasteiger partial charge in [-0.25, -0.2) is 0 Å². The van der Waals surface area contributed by atoms with Crippen LogP contribution in [-0.4, -0.2) is 0 Å². The van der Waals surface area contributed by atoms with E-state index in [2.05, 4.69) is 38.1 Å². The summed E-state index contributed by atoms with van der Waals surface area (Å²) in [6.45, 7) is 4.47. The molecule has 1 heterocycles.